The molecule has 2 N–H and O–H groups in total. The highest BCUT2D eigenvalue weighted by Gasteiger charge is 2.28. The number of amides is 1. The molecule has 17 heteroatoms. The number of carboxylic acids is 1. The first-order valence-electron chi connectivity index (χ1n) is 15.0. The number of nitro groups is 1. The van der Waals surface area contributed by atoms with Crippen LogP contribution in [0.25, 0.3) is 32.9 Å². The number of carbonyl (C=O) groups excluding carboxylic acids is 1. The van der Waals surface area contributed by atoms with Gasteiger partial charge in [-0.05, 0) is 85.7 Å². The molecule has 268 valence electrons. The van der Waals surface area contributed by atoms with Gasteiger partial charge in [-0.25, -0.2) is 21.6 Å². The lowest BCUT2D eigenvalue weighted by Gasteiger charge is -2.19. The highest BCUT2D eigenvalue weighted by Crippen LogP contribution is 2.41. The Hall–Kier alpha value is -5.03. The molecule has 1 heterocycles. The van der Waals surface area contributed by atoms with Gasteiger partial charge in [0.05, 0.1) is 26.2 Å². The normalized spacial score (nSPS) is 11.6. The number of nitrogens with zero attached hydrogens (tertiary/aromatic N) is 2. The quantitative estimate of drug-likeness (QED) is 0.0455. The Morgan fingerprint density at radius 2 is 1.45 bits per heavy atom. The number of aromatic carboxylic acids is 1. The first-order valence-corrected chi connectivity index (χ1v) is 18.6. The van der Waals surface area contributed by atoms with E-state index in [2.05, 4.69) is 5.32 Å². The zero-order valence-corrected chi connectivity index (χ0v) is 30.2. The summed E-state index contributed by atoms with van der Waals surface area (Å²) in [6.07, 6.45) is 0.231. The topological polar surface area (TPSA) is 205 Å². The maximum Gasteiger partial charge on any atom is 0.337 e. The van der Waals surface area contributed by atoms with E-state index in [0.717, 1.165) is 5.52 Å². The number of aromatic nitrogens is 1. The van der Waals surface area contributed by atoms with Gasteiger partial charge in [0.25, 0.3) is 25.2 Å². The zero-order chi connectivity index (χ0) is 38.2. The van der Waals surface area contributed by atoms with Crippen molar-refractivity contribution in [2.45, 2.75) is 45.4 Å². The summed E-state index contributed by atoms with van der Waals surface area (Å²) < 4.78 is 60.9. The fourth-order valence-corrected chi connectivity index (χ4v) is 7.18. The van der Waals surface area contributed by atoms with Gasteiger partial charge in [0, 0.05) is 52.6 Å². The lowest BCUT2D eigenvalue weighted by atomic mass is 9.85. The molecule has 5 aromatic rings. The van der Waals surface area contributed by atoms with Gasteiger partial charge in [0.1, 0.15) is 7.05 Å². The number of hydrogen-bond acceptors (Lipinski definition) is 9. The third kappa shape index (κ3) is 8.65. The zero-order valence-electron chi connectivity index (χ0n) is 27.8. The van der Waals surface area contributed by atoms with Crippen LogP contribution in [0.1, 0.15) is 44.6 Å². The van der Waals surface area contributed by atoms with Crippen LogP contribution in [0.2, 0.25) is 0 Å². The first-order chi connectivity index (χ1) is 23.6. The average Bonchev–Trinajstić information content (AvgIpc) is 3.00. The van der Waals surface area contributed by atoms with Crippen LogP contribution in [0.5, 0.6) is 0 Å². The summed E-state index contributed by atoms with van der Waals surface area (Å²) in [5.74, 6) is -1.46. The van der Waals surface area contributed by atoms with Gasteiger partial charge in [-0.2, -0.15) is 4.57 Å². The number of non-ortho nitro benzene ring substituents is 1. The molecule has 0 atom stereocenters. The van der Waals surface area contributed by atoms with Crippen LogP contribution in [0.4, 0.5) is 15.3 Å². The Morgan fingerprint density at radius 1 is 0.902 bits per heavy atom. The van der Waals surface area contributed by atoms with E-state index in [4.69, 9.17) is 23.7 Å². The van der Waals surface area contributed by atoms with E-state index < -0.39 is 30.4 Å². The summed E-state index contributed by atoms with van der Waals surface area (Å²) in [7, 11) is -2.00. The van der Waals surface area contributed by atoms with E-state index in [1.165, 1.54) is 24.3 Å². The van der Waals surface area contributed by atoms with Crippen molar-refractivity contribution in [1.82, 2.24) is 0 Å². The number of aryl methyl sites for hydroxylation is 6. The van der Waals surface area contributed by atoms with Crippen LogP contribution in [0.15, 0.2) is 65.6 Å². The lowest BCUT2D eigenvalue weighted by molar-refractivity contribution is -0.617. The molecule has 5 rings (SSSR count). The van der Waals surface area contributed by atoms with Gasteiger partial charge in [0.15, 0.2) is 0 Å². The summed E-state index contributed by atoms with van der Waals surface area (Å²) in [6.45, 7) is 6.85. The molecule has 0 radical (unpaired) electrons. The van der Waals surface area contributed by atoms with Crippen molar-refractivity contribution in [3.05, 3.63) is 104 Å². The largest absolute Gasteiger partial charge is 0.722 e. The number of rotatable bonds is 8. The summed E-state index contributed by atoms with van der Waals surface area (Å²) >= 11 is 0. The number of halogens is 2. The van der Waals surface area contributed by atoms with Gasteiger partial charge >= 0.3 is 5.97 Å². The monoisotopic (exact) mass is 759 g/mol. The summed E-state index contributed by atoms with van der Waals surface area (Å²) in [5, 5.41) is 26.1. The van der Waals surface area contributed by atoms with Crippen molar-refractivity contribution in [3.8, 4) is 11.1 Å². The van der Waals surface area contributed by atoms with Gasteiger partial charge in [-0.15, -0.1) is 3.89 Å². The minimum absolute atomic E-state index is 0.0140. The number of nitro benzene ring substituents is 1. The minimum Gasteiger partial charge on any atom is -0.722 e. The fourth-order valence-electron chi connectivity index (χ4n) is 6.28. The molecule has 51 heavy (non-hydrogen) atoms. The van der Waals surface area contributed by atoms with E-state index in [-0.39, 0.29) is 34.9 Å². The van der Waals surface area contributed by atoms with E-state index in [1.807, 2.05) is 35.9 Å². The summed E-state index contributed by atoms with van der Waals surface area (Å²) in [5.41, 5.74) is 6.07. The third-order valence-corrected chi connectivity index (χ3v) is 9.61. The number of fused-ring (bicyclic) bond motifs is 2. The van der Waals surface area contributed by atoms with Gasteiger partial charge in [-0.1, -0.05) is 18.2 Å². The fraction of sp³-hybridized carbons (Fsp3) is 0.206. The van der Waals surface area contributed by atoms with Crippen LogP contribution in [-0.2, 0) is 37.8 Å². The van der Waals surface area contributed by atoms with Crippen molar-refractivity contribution < 1.29 is 49.5 Å². The lowest BCUT2D eigenvalue weighted by Crippen LogP contribution is -2.31. The second-order valence-electron chi connectivity index (χ2n) is 11.8. The number of anilines is 1. The van der Waals surface area contributed by atoms with Crippen LogP contribution < -0.4 is 9.88 Å². The minimum atomic E-state index is -5.42. The van der Waals surface area contributed by atoms with Crippen molar-refractivity contribution in [1.29, 1.82) is 0 Å². The molecule has 0 saturated carbocycles. The second-order valence-corrected chi connectivity index (χ2v) is 15.1. The van der Waals surface area contributed by atoms with Crippen LogP contribution in [-0.4, -0.2) is 43.3 Å². The molecule has 0 spiro atoms. The average molecular weight is 760 g/mol. The molecule has 1 amide bonds. The second kappa shape index (κ2) is 14.7. The molecule has 0 fully saturated rings. The number of hydrogen-bond donors (Lipinski definition) is 2. The highest BCUT2D eigenvalue weighted by molar-refractivity contribution is 8.13. The SMILES string of the molecule is Cc1cc(S(=O)(=O)Cl)cc(C)c1NC(=O)CCc1ccc2c(c1-c1c(C)cc([N+](=O)[O-])cc1C)c(C(=O)O)c1ccccc1[n+]2C.O=S(=O)([O-])F. The van der Waals surface area contributed by atoms with E-state index in [1.54, 1.807) is 39.8 Å². The highest BCUT2D eigenvalue weighted by atomic mass is 35.7. The van der Waals surface area contributed by atoms with Crippen molar-refractivity contribution in [3.63, 3.8) is 0 Å². The van der Waals surface area contributed by atoms with Crippen molar-refractivity contribution >= 4 is 75.3 Å². The Balaban J connectivity index is 0.00000109. The van der Waals surface area contributed by atoms with Crippen molar-refractivity contribution in [2.24, 2.45) is 7.05 Å². The predicted octanol–water partition coefficient (Wildman–Crippen LogP) is 6.24. The summed E-state index contributed by atoms with van der Waals surface area (Å²) in [4.78, 5) is 37.4. The molecule has 0 aliphatic heterocycles. The van der Waals surface area contributed by atoms with Crippen LogP contribution in [0.3, 0.4) is 0 Å². The molecular weight excluding hydrogens is 729 g/mol. The predicted molar refractivity (Wildman–Crippen MR) is 188 cm³/mol. The number of carbonyl (C=O) groups is 2. The number of pyridine rings is 1. The maximum atomic E-state index is 13.3. The Kier molecular flexibility index (Phi) is 11.2. The van der Waals surface area contributed by atoms with Crippen LogP contribution >= 0.6 is 10.7 Å². The first kappa shape index (κ1) is 38.8. The number of nitrogens with one attached hydrogen (secondary N) is 1. The van der Waals surface area contributed by atoms with E-state index in [0.29, 0.717) is 60.9 Å². The number of carboxylic acid groups (broad SMARTS) is 1. The molecule has 4 aromatic carbocycles. The van der Waals surface area contributed by atoms with Crippen molar-refractivity contribution in [2.75, 3.05) is 5.32 Å². The van der Waals surface area contributed by atoms with E-state index in [9.17, 15) is 37.1 Å². The molecule has 0 aliphatic carbocycles. The molecule has 0 aliphatic rings. The number of para-hydroxylation sites is 1. The van der Waals surface area contributed by atoms with E-state index >= 15 is 0 Å². The number of benzene rings is 4. The Bertz CT molecular complexity index is 2450. The molecule has 1 aromatic heterocycles. The Labute approximate surface area is 296 Å². The molecule has 0 unspecified atom stereocenters. The molecule has 13 nitrogen and oxygen atoms in total. The Morgan fingerprint density at radius 3 is 1.96 bits per heavy atom. The van der Waals surface area contributed by atoms with Crippen LogP contribution in [0, 0.1) is 37.8 Å². The third-order valence-electron chi connectivity index (χ3n) is 8.28. The molecule has 0 saturated heterocycles. The molecular formula is C34H31ClFN3O10S2. The smallest absolute Gasteiger partial charge is 0.337 e. The standard InChI is InChI=1S/C34H30ClN3O7S.FHO3S/c1-18-14-23(38(42)43)15-19(2)29(18)30-22(11-13-28(39)36-33-20(3)16-24(17-21(33)4)46(35,44)45)10-12-27-32(30)31(34(40)41)25-8-6-7-9-26(25)37(27)5;1-5(2,3)4/h6-10,12,14-17H,11,13H2,1-5H3,(H-,36,39,40,41);(H,2,3,4). The van der Waals surface area contributed by atoms with Gasteiger partial charge in [0.2, 0.25) is 16.9 Å². The van der Waals surface area contributed by atoms with Gasteiger partial charge in [-0.3, -0.25) is 14.9 Å². The van der Waals surface area contributed by atoms with Gasteiger partial charge < -0.3 is 15.0 Å². The summed E-state index contributed by atoms with van der Waals surface area (Å²) in [6, 6.07) is 16.6. The molecule has 0 bridgehead atoms. The maximum absolute atomic E-state index is 13.3.